The van der Waals surface area contributed by atoms with Crippen molar-refractivity contribution in [2.45, 2.75) is 38.9 Å². The Balaban J connectivity index is 1.50. The molecule has 2 aromatic rings. The standard InChI is InChI=1S/C18H24N2O/c1-14-8-9-18(21-14)15(2)19-17-10-11-20(13-17)12-16-6-4-3-5-7-16/h3-9,15,17,19H,10-13H2,1-2H3. The van der Waals surface area contributed by atoms with Crippen LogP contribution in [0.3, 0.4) is 0 Å². The molecule has 1 saturated heterocycles. The van der Waals surface area contributed by atoms with E-state index in [1.54, 1.807) is 0 Å². The summed E-state index contributed by atoms with van der Waals surface area (Å²) in [5.41, 5.74) is 1.40. The summed E-state index contributed by atoms with van der Waals surface area (Å²) in [6.07, 6.45) is 1.21. The lowest BCUT2D eigenvalue weighted by Crippen LogP contribution is -2.34. The zero-order valence-corrected chi connectivity index (χ0v) is 12.9. The lowest BCUT2D eigenvalue weighted by atomic mass is 10.2. The van der Waals surface area contributed by atoms with Crippen molar-refractivity contribution in [1.82, 2.24) is 10.2 Å². The van der Waals surface area contributed by atoms with Gasteiger partial charge in [-0.05, 0) is 38.0 Å². The van der Waals surface area contributed by atoms with Crippen molar-refractivity contribution < 1.29 is 4.42 Å². The highest BCUT2D eigenvalue weighted by Gasteiger charge is 2.24. The Labute approximate surface area is 127 Å². The van der Waals surface area contributed by atoms with Crippen LogP contribution in [0, 0.1) is 6.92 Å². The second-order valence-electron chi connectivity index (χ2n) is 6.04. The minimum absolute atomic E-state index is 0.278. The van der Waals surface area contributed by atoms with E-state index in [2.05, 4.69) is 53.5 Å². The first-order valence-electron chi connectivity index (χ1n) is 7.79. The number of benzene rings is 1. The fourth-order valence-corrected chi connectivity index (χ4v) is 3.08. The molecule has 112 valence electrons. The summed E-state index contributed by atoms with van der Waals surface area (Å²) in [5.74, 6) is 2.02. The minimum Gasteiger partial charge on any atom is -0.465 e. The summed E-state index contributed by atoms with van der Waals surface area (Å²) in [4.78, 5) is 2.52. The summed E-state index contributed by atoms with van der Waals surface area (Å²) >= 11 is 0. The average Bonchev–Trinajstić information content (AvgIpc) is 3.09. The van der Waals surface area contributed by atoms with Crippen molar-refractivity contribution in [3.8, 4) is 0 Å². The zero-order valence-electron chi connectivity index (χ0n) is 12.9. The summed E-state index contributed by atoms with van der Waals surface area (Å²) in [6.45, 7) is 7.49. The van der Waals surface area contributed by atoms with Gasteiger partial charge in [-0.2, -0.15) is 0 Å². The number of nitrogens with one attached hydrogen (secondary N) is 1. The molecule has 1 N–H and O–H groups in total. The van der Waals surface area contributed by atoms with Crippen molar-refractivity contribution in [1.29, 1.82) is 0 Å². The summed E-state index contributed by atoms with van der Waals surface area (Å²) < 4.78 is 5.70. The van der Waals surface area contributed by atoms with Gasteiger partial charge >= 0.3 is 0 Å². The van der Waals surface area contributed by atoms with E-state index in [9.17, 15) is 0 Å². The smallest absolute Gasteiger partial charge is 0.120 e. The molecule has 0 amide bonds. The number of rotatable bonds is 5. The molecule has 0 saturated carbocycles. The highest BCUT2D eigenvalue weighted by Crippen LogP contribution is 2.20. The molecule has 1 aliphatic rings. The van der Waals surface area contributed by atoms with Gasteiger partial charge in [-0.1, -0.05) is 30.3 Å². The molecule has 1 aromatic carbocycles. The molecule has 21 heavy (non-hydrogen) atoms. The van der Waals surface area contributed by atoms with Gasteiger partial charge < -0.3 is 9.73 Å². The van der Waals surface area contributed by atoms with E-state index in [0.717, 1.165) is 31.2 Å². The molecular weight excluding hydrogens is 260 g/mol. The third kappa shape index (κ3) is 3.74. The fraction of sp³-hybridized carbons (Fsp3) is 0.444. The van der Waals surface area contributed by atoms with E-state index in [4.69, 9.17) is 4.42 Å². The molecule has 0 aliphatic carbocycles. The lowest BCUT2D eigenvalue weighted by Gasteiger charge is -2.19. The largest absolute Gasteiger partial charge is 0.465 e. The molecule has 0 radical (unpaired) electrons. The van der Waals surface area contributed by atoms with Crippen LogP contribution in [-0.2, 0) is 6.54 Å². The van der Waals surface area contributed by atoms with Gasteiger partial charge in [-0.3, -0.25) is 4.90 Å². The summed E-state index contributed by atoms with van der Waals surface area (Å²) in [7, 11) is 0. The van der Waals surface area contributed by atoms with E-state index < -0.39 is 0 Å². The summed E-state index contributed by atoms with van der Waals surface area (Å²) in [5, 5.41) is 3.69. The molecule has 1 aromatic heterocycles. The van der Waals surface area contributed by atoms with Crippen LogP contribution in [-0.4, -0.2) is 24.0 Å². The van der Waals surface area contributed by atoms with Gasteiger partial charge in [0.1, 0.15) is 11.5 Å². The third-order valence-corrected chi connectivity index (χ3v) is 4.20. The maximum atomic E-state index is 5.70. The normalized spacial score (nSPS) is 20.8. The molecule has 0 spiro atoms. The van der Waals surface area contributed by atoms with Gasteiger partial charge in [0, 0.05) is 25.7 Å². The minimum atomic E-state index is 0.278. The Hall–Kier alpha value is -1.58. The third-order valence-electron chi connectivity index (χ3n) is 4.20. The van der Waals surface area contributed by atoms with Crippen LogP contribution in [0.25, 0.3) is 0 Å². The second-order valence-corrected chi connectivity index (χ2v) is 6.04. The molecule has 2 unspecified atom stereocenters. The summed E-state index contributed by atoms with van der Waals surface area (Å²) in [6, 6.07) is 15.6. The first-order chi connectivity index (χ1) is 10.2. The molecule has 3 heteroatoms. The second kappa shape index (κ2) is 6.46. The predicted molar refractivity (Wildman–Crippen MR) is 85.1 cm³/mol. The van der Waals surface area contributed by atoms with Crippen molar-refractivity contribution in [3.63, 3.8) is 0 Å². The Morgan fingerprint density at radius 3 is 2.76 bits per heavy atom. The fourth-order valence-electron chi connectivity index (χ4n) is 3.08. The van der Waals surface area contributed by atoms with Crippen LogP contribution in [0.5, 0.6) is 0 Å². The Morgan fingerprint density at radius 2 is 2.05 bits per heavy atom. The number of likely N-dealkylation sites (tertiary alicyclic amines) is 1. The van der Waals surface area contributed by atoms with Crippen molar-refractivity contribution >= 4 is 0 Å². The van der Waals surface area contributed by atoms with E-state index in [-0.39, 0.29) is 6.04 Å². The van der Waals surface area contributed by atoms with Crippen LogP contribution in [0.15, 0.2) is 46.9 Å². The Bertz CT molecular complexity index is 564. The van der Waals surface area contributed by atoms with Crippen molar-refractivity contribution in [2.75, 3.05) is 13.1 Å². The SMILES string of the molecule is Cc1ccc(C(C)NC2CCN(Cc3ccccc3)C2)o1. The van der Waals surface area contributed by atoms with Crippen LogP contribution in [0.4, 0.5) is 0 Å². The molecular formula is C18H24N2O. The van der Waals surface area contributed by atoms with Gasteiger partial charge in [0.15, 0.2) is 0 Å². The van der Waals surface area contributed by atoms with Gasteiger partial charge in [-0.25, -0.2) is 0 Å². The lowest BCUT2D eigenvalue weighted by molar-refractivity contribution is 0.311. The van der Waals surface area contributed by atoms with E-state index >= 15 is 0 Å². The maximum Gasteiger partial charge on any atom is 0.120 e. The highest BCUT2D eigenvalue weighted by atomic mass is 16.3. The first-order valence-corrected chi connectivity index (χ1v) is 7.79. The number of furan rings is 1. The highest BCUT2D eigenvalue weighted by molar-refractivity contribution is 5.15. The van der Waals surface area contributed by atoms with Crippen molar-refractivity contribution in [2.24, 2.45) is 0 Å². The zero-order chi connectivity index (χ0) is 14.7. The molecule has 1 fully saturated rings. The Morgan fingerprint density at radius 1 is 1.24 bits per heavy atom. The molecule has 3 rings (SSSR count). The molecule has 2 heterocycles. The van der Waals surface area contributed by atoms with Gasteiger partial charge in [-0.15, -0.1) is 0 Å². The van der Waals surface area contributed by atoms with Gasteiger partial charge in [0.2, 0.25) is 0 Å². The van der Waals surface area contributed by atoms with E-state index in [1.165, 1.54) is 12.0 Å². The monoisotopic (exact) mass is 284 g/mol. The quantitative estimate of drug-likeness (QED) is 0.910. The topological polar surface area (TPSA) is 28.4 Å². The maximum absolute atomic E-state index is 5.70. The molecule has 2 atom stereocenters. The molecule has 1 aliphatic heterocycles. The van der Waals surface area contributed by atoms with Gasteiger partial charge in [0.05, 0.1) is 6.04 Å². The molecule has 0 bridgehead atoms. The van der Waals surface area contributed by atoms with Crippen LogP contribution in [0.2, 0.25) is 0 Å². The van der Waals surface area contributed by atoms with Crippen LogP contribution in [0.1, 0.15) is 36.5 Å². The van der Waals surface area contributed by atoms with E-state index in [0.29, 0.717) is 6.04 Å². The molecule has 3 nitrogen and oxygen atoms in total. The number of hydrogen-bond donors (Lipinski definition) is 1. The van der Waals surface area contributed by atoms with Crippen LogP contribution < -0.4 is 5.32 Å². The number of hydrogen-bond acceptors (Lipinski definition) is 3. The van der Waals surface area contributed by atoms with E-state index in [1.807, 2.05) is 13.0 Å². The Kier molecular flexibility index (Phi) is 4.42. The van der Waals surface area contributed by atoms with Crippen molar-refractivity contribution in [3.05, 3.63) is 59.5 Å². The van der Waals surface area contributed by atoms with Crippen LogP contribution >= 0.6 is 0 Å². The number of aryl methyl sites for hydroxylation is 1. The first kappa shape index (κ1) is 14.4. The average molecular weight is 284 g/mol. The number of nitrogens with zero attached hydrogens (tertiary/aromatic N) is 1. The van der Waals surface area contributed by atoms with Gasteiger partial charge in [0.25, 0.3) is 0 Å². The predicted octanol–water partition coefficient (Wildman–Crippen LogP) is 3.51.